The van der Waals surface area contributed by atoms with Crippen LogP contribution in [-0.4, -0.2) is 20.2 Å². The molecule has 1 aliphatic rings. The molecule has 0 radical (unpaired) electrons. The molecule has 6 heteroatoms. The quantitative estimate of drug-likeness (QED) is 0.823. The first kappa shape index (κ1) is 11.1. The zero-order chi connectivity index (χ0) is 12.8. The van der Waals surface area contributed by atoms with Crippen molar-refractivity contribution in [2.45, 2.75) is 31.7 Å². The third-order valence-corrected chi connectivity index (χ3v) is 3.67. The smallest absolute Gasteiger partial charge is 0.184 e. The Morgan fingerprint density at radius 2 is 2.17 bits per heavy atom. The Hall–Kier alpha value is -1.98. The second-order valence-electron chi connectivity index (χ2n) is 5.00. The zero-order valence-electron chi connectivity index (χ0n) is 10.1. The average molecular weight is 247 g/mol. The summed E-state index contributed by atoms with van der Waals surface area (Å²) in [6.45, 7) is 2.10. The second kappa shape index (κ2) is 3.76. The summed E-state index contributed by atoms with van der Waals surface area (Å²) < 4.78 is 15.1. The number of benzene rings is 1. The minimum Gasteiger partial charge on any atom is -0.398 e. The third-order valence-electron chi connectivity index (χ3n) is 3.67. The Morgan fingerprint density at radius 3 is 2.83 bits per heavy atom. The molecule has 18 heavy (non-hydrogen) atoms. The minimum atomic E-state index is -0.340. The van der Waals surface area contributed by atoms with Crippen LogP contribution < -0.4 is 5.73 Å². The Bertz CT molecular complexity index is 588. The molecule has 3 rings (SSSR count). The number of nitrogens with zero attached hydrogens (tertiary/aromatic N) is 4. The molecule has 0 amide bonds. The SMILES string of the molecule is CC1(n2nnnc2-c2cc(F)ccc2N)CCC1. The monoisotopic (exact) mass is 247 g/mol. The molecule has 0 saturated heterocycles. The maximum Gasteiger partial charge on any atom is 0.184 e. The molecule has 1 saturated carbocycles. The largest absolute Gasteiger partial charge is 0.398 e. The van der Waals surface area contributed by atoms with E-state index in [1.54, 1.807) is 4.68 Å². The number of anilines is 1. The predicted molar refractivity (Wildman–Crippen MR) is 65.1 cm³/mol. The van der Waals surface area contributed by atoms with Crippen LogP contribution in [0, 0.1) is 5.82 Å². The van der Waals surface area contributed by atoms with Crippen LogP contribution in [-0.2, 0) is 5.54 Å². The lowest BCUT2D eigenvalue weighted by molar-refractivity contribution is 0.148. The summed E-state index contributed by atoms with van der Waals surface area (Å²) in [4.78, 5) is 0. The summed E-state index contributed by atoms with van der Waals surface area (Å²) in [6, 6.07) is 4.24. The molecule has 5 nitrogen and oxygen atoms in total. The fourth-order valence-corrected chi connectivity index (χ4v) is 2.34. The fourth-order valence-electron chi connectivity index (χ4n) is 2.34. The number of nitrogen functional groups attached to an aromatic ring is 1. The summed E-state index contributed by atoms with van der Waals surface area (Å²) >= 11 is 0. The zero-order valence-corrected chi connectivity index (χ0v) is 10.1. The highest BCUT2D eigenvalue weighted by Gasteiger charge is 2.37. The highest BCUT2D eigenvalue weighted by Crippen LogP contribution is 2.40. The molecule has 2 aromatic rings. The van der Waals surface area contributed by atoms with E-state index < -0.39 is 0 Å². The van der Waals surface area contributed by atoms with Gasteiger partial charge in [-0.3, -0.25) is 0 Å². The van der Waals surface area contributed by atoms with Gasteiger partial charge in [0.1, 0.15) is 5.82 Å². The van der Waals surface area contributed by atoms with E-state index in [1.165, 1.54) is 18.2 Å². The van der Waals surface area contributed by atoms with Crippen molar-refractivity contribution in [3.8, 4) is 11.4 Å². The maximum absolute atomic E-state index is 13.3. The second-order valence-corrected chi connectivity index (χ2v) is 5.00. The Kier molecular flexibility index (Phi) is 2.33. The lowest BCUT2D eigenvalue weighted by Crippen LogP contribution is -2.38. The number of hydrogen-bond acceptors (Lipinski definition) is 4. The van der Waals surface area contributed by atoms with Crippen LogP contribution in [0.4, 0.5) is 10.1 Å². The van der Waals surface area contributed by atoms with Crippen molar-refractivity contribution in [3.63, 3.8) is 0 Å². The molecule has 0 atom stereocenters. The number of hydrogen-bond donors (Lipinski definition) is 1. The first-order valence-electron chi connectivity index (χ1n) is 5.94. The van der Waals surface area contributed by atoms with Crippen molar-refractivity contribution < 1.29 is 4.39 Å². The Balaban J connectivity index is 2.12. The van der Waals surface area contributed by atoms with Crippen molar-refractivity contribution in [1.82, 2.24) is 20.2 Å². The highest BCUT2D eigenvalue weighted by atomic mass is 19.1. The molecule has 1 heterocycles. The molecule has 1 fully saturated rings. The topological polar surface area (TPSA) is 69.6 Å². The lowest BCUT2D eigenvalue weighted by atomic mass is 9.78. The van der Waals surface area contributed by atoms with E-state index in [9.17, 15) is 4.39 Å². The molecule has 1 aliphatic carbocycles. The first-order chi connectivity index (χ1) is 8.60. The minimum absolute atomic E-state index is 0.0718. The molecular formula is C12H14FN5. The van der Waals surface area contributed by atoms with Gasteiger partial charge in [0, 0.05) is 11.3 Å². The summed E-state index contributed by atoms with van der Waals surface area (Å²) in [6.07, 6.45) is 3.22. The standard InChI is InChI=1S/C12H14FN5/c1-12(5-2-6-12)18-11(15-16-17-18)9-7-8(13)3-4-10(9)14/h3-4,7H,2,5-6,14H2,1H3. The molecule has 0 aliphatic heterocycles. The average Bonchev–Trinajstić information content (AvgIpc) is 2.78. The molecular weight excluding hydrogens is 233 g/mol. The van der Waals surface area contributed by atoms with E-state index in [-0.39, 0.29) is 11.4 Å². The normalized spacial score (nSPS) is 17.4. The van der Waals surface area contributed by atoms with Gasteiger partial charge in [0.2, 0.25) is 0 Å². The molecule has 1 aromatic heterocycles. The number of tetrazole rings is 1. The molecule has 1 aromatic carbocycles. The van der Waals surface area contributed by atoms with Crippen LogP contribution in [0.1, 0.15) is 26.2 Å². The summed E-state index contributed by atoms with van der Waals surface area (Å²) in [5.41, 5.74) is 6.84. The Labute approximate surface area is 104 Å². The molecule has 0 bridgehead atoms. The van der Waals surface area contributed by atoms with Crippen molar-refractivity contribution >= 4 is 5.69 Å². The van der Waals surface area contributed by atoms with E-state index in [1.807, 2.05) is 0 Å². The van der Waals surface area contributed by atoms with Gasteiger partial charge in [-0.15, -0.1) is 5.10 Å². The van der Waals surface area contributed by atoms with E-state index >= 15 is 0 Å². The van der Waals surface area contributed by atoms with Crippen LogP contribution in [0.5, 0.6) is 0 Å². The fraction of sp³-hybridized carbons (Fsp3) is 0.417. The molecule has 0 spiro atoms. The van der Waals surface area contributed by atoms with Gasteiger partial charge in [0.25, 0.3) is 0 Å². The molecule has 2 N–H and O–H groups in total. The van der Waals surface area contributed by atoms with E-state index in [2.05, 4.69) is 22.4 Å². The summed E-state index contributed by atoms with van der Waals surface area (Å²) in [7, 11) is 0. The number of aromatic nitrogens is 4. The van der Waals surface area contributed by atoms with Crippen molar-refractivity contribution in [3.05, 3.63) is 24.0 Å². The van der Waals surface area contributed by atoms with Gasteiger partial charge >= 0.3 is 0 Å². The lowest BCUT2D eigenvalue weighted by Gasteiger charge is -2.38. The van der Waals surface area contributed by atoms with Gasteiger partial charge in [-0.1, -0.05) is 0 Å². The van der Waals surface area contributed by atoms with Gasteiger partial charge in [0.15, 0.2) is 5.82 Å². The van der Waals surface area contributed by atoms with Crippen LogP contribution in [0.25, 0.3) is 11.4 Å². The van der Waals surface area contributed by atoms with Gasteiger partial charge < -0.3 is 5.73 Å². The van der Waals surface area contributed by atoms with Crippen LogP contribution in [0.3, 0.4) is 0 Å². The van der Waals surface area contributed by atoms with Gasteiger partial charge in [-0.05, 0) is 54.8 Å². The van der Waals surface area contributed by atoms with Crippen LogP contribution >= 0.6 is 0 Å². The van der Waals surface area contributed by atoms with E-state index in [0.29, 0.717) is 17.1 Å². The van der Waals surface area contributed by atoms with Gasteiger partial charge in [0.05, 0.1) is 5.54 Å². The van der Waals surface area contributed by atoms with Crippen LogP contribution in [0.2, 0.25) is 0 Å². The van der Waals surface area contributed by atoms with E-state index in [0.717, 1.165) is 19.3 Å². The molecule has 0 unspecified atom stereocenters. The van der Waals surface area contributed by atoms with Crippen molar-refractivity contribution in [2.75, 3.05) is 5.73 Å². The number of rotatable bonds is 2. The van der Waals surface area contributed by atoms with Crippen LogP contribution in [0.15, 0.2) is 18.2 Å². The maximum atomic E-state index is 13.3. The predicted octanol–water partition coefficient (Wildman–Crippen LogP) is 1.96. The van der Waals surface area contributed by atoms with Gasteiger partial charge in [-0.2, -0.15) is 0 Å². The van der Waals surface area contributed by atoms with Gasteiger partial charge in [-0.25, -0.2) is 9.07 Å². The summed E-state index contributed by atoms with van der Waals surface area (Å²) in [5, 5.41) is 11.7. The third kappa shape index (κ3) is 1.56. The summed E-state index contributed by atoms with van der Waals surface area (Å²) in [5.74, 6) is 0.196. The first-order valence-corrected chi connectivity index (χ1v) is 5.94. The van der Waals surface area contributed by atoms with Crippen molar-refractivity contribution in [1.29, 1.82) is 0 Å². The number of nitrogens with two attached hydrogens (primary N) is 1. The molecule has 94 valence electrons. The highest BCUT2D eigenvalue weighted by molar-refractivity contribution is 5.71. The number of halogens is 1. The van der Waals surface area contributed by atoms with E-state index in [4.69, 9.17) is 5.73 Å². The Morgan fingerprint density at radius 1 is 1.39 bits per heavy atom. The van der Waals surface area contributed by atoms with Crippen molar-refractivity contribution in [2.24, 2.45) is 0 Å².